The predicted molar refractivity (Wildman–Crippen MR) is 54.1 cm³/mol. The van der Waals surface area contributed by atoms with Crippen LogP contribution in [-0.4, -0.2) is 5.91 Å². The molecule has 0 spiro atoms. The fraction of sp³-hybridized carbons (Fsp3) is 0.100. The summed E-state index contributed by atoms with van der Waals surface area (Å²) in [5.41, 5.74) is 9.29. The van der Waals surface area contributed by atoms with E-state index in [1.54, 1.807) is 0 Å². The second-order valence-electron chi connectivity index (χ2n) is 3.08. The van der Waals surface area contributed by atoms with Gasteiger partial charge in [0.1, 0.15) is 0 Å². The maximum absolute atomic E-state index is 12.5. The minimum atomic E-state index is -4.50. The van der Waals surface area contributed by atoms with Gasteiger partial charge in [0.05, 0.1) is 5.56 Å². The number of alkyl halides is 3. The highest BCUT2D eigenvalue weighted by Gasteiger charge is 2.32. The molecular weight excluding hydrogens is 221 g/mol. The van der Waals surface area contributed by atoms with Gasteiger partial charge in [0.25, 0.3) is 0 Å². The molecule has 4 N–H and O–H groups in total. The van der Waals surface area contributed by atoms with Gasteiger partial charge >= 0.3 is 6.18 Å². The van der Waals surface area contributed by atoms with E-state index in [0.717, 1.165) is 30.4 Å². The summed E-state index contributed by atoms with van der Waals surface area (Å²) in [4.78, 5) is 10.4. The van der Waals surface area contributed by atoms with Crippen LogP contribution in [0, 0.1) is 0 Å². The molecule has 3 nitrogen and oxygen atoms in total. The van der Waals surface area contributed by atoms with Crippen molar-refractivity contribution in [2.75, 3.05) is 5.73 Å². The van der Waals surface area contributed by atoms with Crippen molar-refractivity contribution in [2.45, 2.75) is 6.18 Å². The average Bonchev–Trinajstić information content (AvgIpc) is 2.12. The molecular formula is C10H9F3N2O. The monoisotopic (exact) mass is 230 g/mol. The van der Waals surface area contributed by atoms with Crippen LogP contribution in [0.3, 0.4) is 0 Å². The number of amides is 1. The molecule has 0 aromatic heterocycles. The van der Waals surface area contributed by atoms with Crippen LogP contribution < -0.4 is 11.5 Å². The molecule has 0 saturated carbocycles. The quantitative estimate of drug-likeness (QED) is 0.600. The molecule has 0 aliphatic heterocycles. The van der Waals surface area contributed by atoms with E-state index in [9.17, 15) is 18.0 Å². The number of nitrogen functional groups attached to an aromatic ring is 1. The lowest BCUT2D eigenvalue weighted by atomic mass is 10.1. The molecule has 0 aliphatic rings. The Morgan fingerprint density at radius 1 is 1.31 bits per heavy atom. The standard InChI is InChI=1S/C10H9F3N2O/c11-10(12,13)8-3-2-7(14)5-6(8)1-4-9(15)16/h1-5H,14H2,(H2,15,16). The molecule has 0 fully saturated rings. The maximum atomic E-state index is 12.5. The van der Waals surface area contributed by atoms with Crippen molar-refractivity contribution < 1.29 is 18.0 Å². The molecule has 16 heavy (non-hydrogen) atoms. The zero-order chi connectivity index (χ0) is 12.3. The predicted octanol–water partition coefficient (Wildman–Crippen LogP) is 1.79. The van der Waals surface area contributed by atoms with Gasteiger partial charge in [-0.2, -0.15) is 13.2 Å². The molecule has 0 unspecified atom stereocenters. The topological polar surface area (TPSA) is 69.1 Å². The molecule has 6 heteroatoms. The Bertz CT molecular complexity index is 438. The van der Waals surface area contributed by atoms with E-state index in [1.165, 1.54) is 0 Å². The van der Waals surface area contributed by atoms with Crippen molar-refractivity contribution in [3.05, 3.63) is 35.4 Å². The molecule has 0 radical (unpaired) electrons. The summed E-state index contributed by atoms with van der Waals surface area (Å²) < 4.78 is 37.5. The summed E-state index contributed by atoms with van der Waals surface area (Å²) in [6, 6.07) is 3.13. The van der Waals surface area contributed by atoms with E-state index in [1.807, 2.05) is 0 Å². The smallest absolute Gasteiger partial charge is 0.399 e. The Morgan fingerprint density at radius 3 is 2.44 bits per heavy atom. The maximum Gasteiger partial charge on any atom is 0.416 e. The summed E-state index contributed by atoms with van der Waals surface area (Å²) in [5.74, 6) is -0.824. The summed E-state index contributed by atoms with van der Waals surface area (Å²) in [6.45, 7) is 0. The van der Waals surface area contributed by atoms with Crippen molar-refractivity contribution in [3.8, 4) is 0 Å². The van der Waals surface area contributed by atoms with Crippen LogP contribution in [0.1, 0.15) is 11.1 Å². The average molecular weight is 230 g/mol. The van der Waals surface area contributed by atoms with Crippen molar-refractivity contribution in [1.82, 2.24) is 0 Å². The van der Waals surface area contributed by atoms with Crippen LogP contribution in [0.4, 0.5) is 18.9 Å². The van der Waals surface area contributed by atoms with Gasteiger partial charge < -0.3 is 11.5 Å². The molecule has 0 heterocycles. The van der Waals surface area contributed by atoms with E-state index < -0.39 is 17.6 Å². The lowest BCUT2D eigenvalue weighted by Gasteiger charge is -2.10. The Hall–Kier alpha value is -1.98. The number of carbonyl (C=O) groups excluding carboxylic acids is 1. The molecule has 86 valence electrons. The third-order valence-corrected chi connectivity index (χ3v) is 1.81. The van der Waals surface area contributed by atoms with Crippen molar-refractivity contribution in [2.24, 2.45) is 5.73 Å². The second-order valence-corrected chi connectivity index (χ2v) is 3.08. The first-order valence-electron chi connectivity index (χ1n) is 4.25. The highest BCUT2D eigenvalue weighted by Crippen LogP contribution is 2.33. The summed E-state index contributed by atoms with van der Waals surface area (Å²) in [7, 11) is 0. The normalized spacial score (nSPS) is 11.9. The van der Waals surface area contributed by atoms with Crippen LogP contribution in [0.15, 0.2) is 24.3 Å². The number of hydrogen-bond acceptors (Lipinski definition) is 2. The van der Waals surface area contributed by atoms with E-state index in [-0.39, 0.29) is 11.3 Å². The van der Waals surface area contributed by atoms with Crippen LogP contribution >= 0.6 is 0 Å². The highest BCUT2D eigenvalue weighted by molar-refractivity contribution is 5.90. The van der Waals surface area contributed by atoms with Crippen LogP contribution in [0.5, 0.6) is 0 Å². The number of rotatable bonds is 2. The van der Waals surface area contributed by atoms with Crippen molar-refractivity contribution >= 4 is 17.7 Å². The van der Waals surface area contributed by atoms with Crippen molar-refractivity contribution in [1.29, 1.82) is 0 Å². The number of benzene rings is 1. The molecule has 0 saturated heterocycles. The Morgan fingerprint density at radius 2 is 1.94 bits per heavy atom. The van der Waals surface area contributed by atoms with Crippen LogP contribution in [0.25, 0.3) is 6.08 Å². The molecule has 0 atom stereocenters. The van der Waals surface area contributed by atoms with Crippen LogP contribution in [-0.2, 0) is 11.0 Å². The fourth-order valence-corrected chi connectivity index (χ4v) is 1.15. The highest BCUT2D eigenvalue weighted by atomic mass is 19.4. The van der Waals surface area contributed by atoms with Gasteiger partial charge in [-0.1, -0.05) is 0 Å². The minimum absolute atomic E-state index is 0.178. The van der Waals surface area contributed by atoms with Gasteiger partial charge in [-0.15, -0.1) is 0 Å². The first kappa shape index (κ1) is 12.1. The molecule has 1 amide bonds. The lowest BCUT2D eigenvalue weighted by molar-refractivity contribution is -0.137. The minimum Gasteiger partial charge on any atom is -0.399 e. The van der Waals surface area contributed by atoms with Gasteiger partial charge in [-0.05, 0) is 29.8 Å². The first-order chi connectivity index (χ1) is 7.30. The van der Waals surface area contributed by atoms with Crippen LogP contribution in [0.2, 0.25) is 0 Å². The van der Waals surface area contributed by atoms with Gasteiger partial charge in [0, 0.05) is 11.8 Å². The van der Waals surface area contributed by atoms with Gasteiger partial charge in [-0.25, -0.2) is 0 Å². The number of halogens is 3. The molecule has 0 aliphatic carbocycles. The van der Waals surface area contributed by atoms with Gasteiger partial charge in [-0.3, -0.25) is 4.79 Å². The Kier molecular flexibility index (Phi) is 3.22. The molecule has 1 aromatic carbocycles. The third-order valence-electron chi connectivity index (χ3n) is 1.81. The SMILES string of the molecule is NC(=O)C=Cc1cc(N)ccc1C(F)(F)F. The van der Waals surface area contributed by atoms with E-state index in [2.05, 4.69) is 0 Å². The van der Waals surface area contributed by atoms with Crippen molar-refractivity contribution in [3.63, 3.8) is 0 Å². The third kappa shape index (κ3) is 3.01. The number of hydrogen-bond donors (Lipinski definition) is 2. The fourth-order valence-electron chi connectivity index (χ4n) is 1.15. The van der Waals surface area contributed by atoms with Gasteiger partial charge in [0.15, 0.2) is 0 Å². The first-order valence-corrected chi connectivity index (χ1v) is 4.25. The zero-order valence-electron chi connectivity index (χ0n) is 8.08. The number of carbonyl (C=O) groups is 1. The Balaban J connectivity index is 3.24. The summed E-state index contributed by atoms with van der Waals surface area (Å²) in [5, 5.41) is 0. The molecule has 1 aromatic rings. The molecule has 1 rings (SSSR count). The second kappa shape index (κ2) is 4.26. The number of anilines is 1. The lowest BCUT2D eigenvalue weighted by Crippen LogP contribution is -2.09. The number of nitrogens with two attached hydrogens (primary N) is 2. The van der Waals surface area contributed by atoms with E-state index >= 15 is 0 Å². The number of primary amides is 1. The van der Waals surface area contributed by atoms with E-state index in [4.69, 9.17) is 11.5 Å². The molecule has 0 bridgehead atoms. The Labute approximate surface area is 89.5 Å². The summed E-state index contributed by atoms with van der Waals surface area (Å²) in [6.07, 6.45) is -2.66. The van der Waals surface area contributed by atoms with E-state index in [0.29, 0.717) is 0 Å². The largest absolute Gasteiger partial charge is 0.416 e. The summed E-state index contributed by atoms with van der Waals surface area (Å²) >= 11 is 0. The van der Waals surface area contributed by atoms with Gasteiger partial charge in [0.2, 0.25) is 5.91 Å². The zero-order valence-corrected chi connectivity index (χ0v) is 8.08.